The van der Waals surface area contributed by atoms with Gasteiger partial charge in [-0.15, -0.1) is 0 Å². The molecule has 19 heavy (non-hydrogen) atoms. The highest BCUT2D eigenvalue weighted by molar-refractivity contribution is 6.00. The van der Waals surface area contributed by atoms with Crippen molar-refractivity contribution in [3.05, 3.63) is 35.1 Å². The van der Waals surface area contributed by atoms with Crippen LogP contribution < -0.4 is 5.32 Å². The predicted molar refractivity (Wildman–Crippen MR) is 57.6 cm³/mol. The SMILES string of the molecule is COC(=O)[C@@H]1C(=O)NC[C@H]1c1c(F)cc(F)cc1F. The molecule has 2 atom stereocenters. The molecule has 7 heteroatoms. The Morgan fingerprint density at radius 1 is 1.32 bits per heavy atom. The molecule has 0 aliphatic carbocycles. The lowest BCUT2D eigenvalue weighted by Crippen LogP contribution is -2.28. The standard InChI is InChI=1S/C12H10F3NO3/c1-19-12(18)10-6(4-16-11(10)17)9-7(14)2-5(13)3-8(9)15/h2-3,6,10H,4H2,1H3,(H,16,17)/t6-,10-/m0/s1. The van der Waals surface area contributed by atoms with E-state index in [9.17, 15) is 22.8 Å². The van der Waals surface area contributed by atoms with Crippen LogP contribution in [0, 0.1) is 23.4 Å². The Bertz CT molecular complexity index is 524. The molecule has 4 nitrogen and oxygen atoms in total. The number of hydrogen-bond donors (Lipinski definition) is 1. The summed E-state index contributed by atoms with van der Waals surface area (Å²) in [7, 11) is 1.07. The largest absolute Gasteiger partial charge is 0.468 e. The zero-order valence-corrected chi connectivity index (χ0v) is 9.88. The number of hydrogen-bond acceptors (Lipinski definition) is 3. The molecule has 1 N–H and O–H groups in total. The number of ether oxygens (including phenoxy) is 1. The molecule has 0 unspecified atom stereocenters. The van der Waals surface area contributed by atoms with Gasteiger partial charge >= 0.3 is 5.97 Å². The topological polar surface area (TPSA) is 55.4 Å². The minimum absolute atomic E-state index is 0.113. The molecule has 1 aliphatic heterocycles. The molecular formula is C12H10F3NO3. The smallest absolute Gasteiger partial charge is 0.318 e. The maximum atomic E-state index is 13.7. The molecule has 1 aliphatic rings. The first-order valence-electron chi connectivity index (χ1n) is 5.45. The van der Waals surface area contributed by atoms with E-state index in [-0.39, 0.29) is 6.54 Å². The fourth-order valence-corrected chi connectivity index (χ4v) is 2.20. The maximum absolute atomic E-state index is 13.7. The third-order valence-corrected chi connectivity index (χ3v) is 3.05. The van der Waals surface area contributed by atoms with Gasteiger partial charge in [0.25, 0.3) is 0 Å². The molecule has 1 aromatic rings. The van der Waals surface area contributed by atoms with E-state index in [1.54, 1.807) is 0 Å². The Labute approximate surface area is 106 Å². The van der Waals surface area contributed by atoms with Gasteiger partial charge in [-0.1, -0.05) is 0 Å². The third kappa shape index (κ3) is 2.27. The lowest BCUT2D eigenvalue weighted by molar-refractivity contribution is -0.149. The summed E-state index contributed by atoms with van der Waals surface area (Å²) < 4.78 is 44.6. The molecule has 0 radical (unpaired) electrons. The van der Waals surface area contributed by atoms with Crippen molar-refractivity contribution in [3.8, 4) is 0 Å². The summed E-state index contributed by atoms with van der Waals surface area (Å²) in [5, 5.41) is 2.34. The van der Waals surface area contributed by atoms with Gasteiger partial charge in [0.15, 0.2) is 0 Å². The second kappa shape index (κ2) is 4.91. The average Bonchev–Trinajstić information content (AvgIpc) is 2.69. The van der Waals surface area contributed by atoms with E-state index < -0.39 is 46.7 Å². The summed E-state index contributed by atoms with van der Waals surface area (Å²) in [6, 6.07) is 1.02. The van der Waals surface area contributed by atoms with Crippen molar-refractivity contribution in [1.29, 1.82) is 0 Å². The number of amides is 1. The van der Waals surface area contributed by atoms with Crippen molar-refractivity contribution in [3.63, 3.8) is 0 Å². The van der Waals surface area contributed by atoms with E-state index in [2.05, 4.69) is 10.1 Å². The maximum Gasteiger partial charge on any atom is 0.318 e. The van der Waals surface area contributed by atoms with Crippen molar-refractivity contribution in [2.75, 3.05) is 13.7 Å². The first-order valence-corrected chi connectivity index (χ1v) is 5.45. The van der Waals surface area contributed by atoms with Crippen LogP contribution in [0.3, 0.4) is 0 Å². The van der Waals surface area contributed by atoms with Gasteiger partial charge in [0.05, 0.1) is 7.11 Å². The summed E-state index contributed by atoms with van der Waals surface area (Å²) in [5.41, 5.74) is -0.491. The van der Waals surface area contributed by atoms with Crippen LogP contribution in [0.5, 0.6) is 0 Å². The Morgan fingerprint density at radius 3 is 2.42 bits per heavy atom. The number of carbonyl (C=O) groups is 2. The van der Waals surface area contributed by atoms with Gasteiger partial charge in [0, 0.05) is 30.2 Å². The molecule has 102 valence electrons. The van der Waals surface area contributed by atoms with Crippen LogP contribution in [0.1, 0.15) is 11.5 Å². The van der Waals surface area contributed by atoms with Gasteiger partial charge in [-0.05, 0) is 0 Å². The molecule has 2 rings (SSSR count). The molecule has 1 aromatic carbocycles. The second-order valence-electron chi connectivity index (χ2n) is 4.14. The number of halogens is 3. The zero-order valence-electron chi connectivity index (χ0n) is 9.88. The molecule has 1 fully saturated rings. The molecule has 0 saturated carbocycles. The van der Waals surface area contributed by atoms with E-state index in [4.69, 9.17) is 0 Å². The van der Waals surface area contributed by atoms with Crippen LogP contribution in [-0.4, -0.2) is 25.5 Å². The Balaban J connectivity index is 2.46. The summed E-state index contributed by atoms with van der Waals surface area (Å²) in [5.74, 6) is -7.27. The van der Waals surface area contributed by atoms with Crippen LogP contribution in [0.15, 0.2) is 12.1 Å². The zero-order chi connectivity index (χ0) is 14.2. The normalized spacial score (nSPS) is 22.2. The van der Waals surface area contributed by atoms with Crippen molar-refractivity contribution in [2.45, 2.75) is 5.92 Å². The van der Waals surface area contributed by atoms with E-state index in [1.807, 2.05) is 0 Å². The molecular weight excluding hydrogens is 263 g/mol. The van der Waals surface area contributed by atoms with Crippen LogP contribution in [0.2, 0.25) is 0 Å². The number of esters is 1. The van der Waals surface area contributed by atoms with Crippen LogP contribution in [0.25, 0.3) is 0 Å². The number of rotatable bonds is 2. The van der Waals surface area contributed by atoms with Crippen LogP contribution in [0.4, 0.5) is 13.2 Å². The number of nitrogens with one attached hydrogen (secondary N) is 1. The van der Waals surface area contributed by atoms with Crippen LogP contribution >= 0.6 is 0 Å². The van der Waals surface area contributed by atoms with Crippen molar-refractivity contribution < 1.29 is 27.5 Å². The second-order valence-corrected chi connectivity index (χ2v) is 4.14. The van der Waals surface area contributed by atoms with Crippen LogP contribution in [-0.2, 0) is 14.3 Å². The lowest BCUT2D eigenvalue weighted by atomic mass is 9.88. The highest BCUT2D eigenvalue weighted by Crippen LogP contribution is 2.33. The quantitative estimate of drug-likeness (QED) is 0.648. The van der Waals surface area contributed by atoms with Gasteiger partial charge in [0.1, 0.15) is 23.4 Å². The summed E-state index contributed by atoms with van der Waals surface area (Å²) in [6.07, 6.45) is 0. The number of benzene rings is 1. The minimum atomic E-state index is -1.33. The Kier molecular flexibility index (Phi) is 3.46. The van der Waals surface area contributed by atoms with Crippen molar-refractivity contribution in [2.24, 2.45) is 5.92 Å². The molecule has 0 spiro atoms. The summed E-state index contributed by atoms with van der Waals surface area (Å²) in [6.45, 7) is -0.113. The lowest BCUT2D eigenvalue weighted by Gasteiger charge is -2.16. The van der Waals surface area contributed by atoms with Gasteiger partial charge in [-0.2, -0.15) is 0 Å². The molecule has 1 amide bonds. The van der Waals surface area contributed by atoms with Crippen molar-refractivity contribution in [1.82, 2.24) is 5.32 Å². The summed E-state index contributed by atoms with van der Waals surface area (Å²) >= 11 is 0. The molecule has 1 heterocycles. The molecule has 1 saturated heterocycles. The van der Waals surface area contributed by atoms with Crippen molar-refractivity contribution >= 4 is 11.9 Å². The molecule has 0 aromatic heterocycles. The van der Waals surface area contributed by atoms with E-state index in [0.29, 0.717) is 12.1 Å². The minimum Gasteiger partial charge on any atom is -0.468 e. The Morgan fingerprint density at radius 2 is 1.89 bits per heavy atom. The first-order chi connectivity index (χ1) is 8.95. The fraction of sp³-hybridized carbons (Fsp3) is 0.333. The fourth-order valence-electron chi connectivity index (χ4n) is 2.20. The van der Waals surface area contributed by atoms with Gasteiger partial charge in [-0.3, -0.25) is 9.59 Å². The number of methoxy groups -OCH3 is 1. The van der Waals surface area contributed by atoms with Gasteiger partial charge in [0.2, 0.25) is 5.91 Å². The van der Waals surface area contributed by atoms with E-state index in [0.717, 1.165) is 7.11 Å². The summed E-state index contributed by atoms with van der Waals surface area (Å²) in [4.78, 5) is 23.0. The average molecular weight is 273 g/mol. The highest BCUT2D eigenvalue weighted by atomic mass is 19.1. The predicted octanol–water partition coefficient (Wildman–Crippen LogP) is 1.11. The third-order valence-electron chi connectivity index (χ3n) is 3.05. The van der Waals surface area contributed by atoms with E-state index in [1.165, 1.54) is 0 Å². The number of carbonyl (C=O) groups excluding carboxylic acids is 2. The molecule has 0 bridgehead atoms. The van der Waals surface area contributed by atoms with Gasteiger partial charge in [-0.25, -0.2) is 13.2 Å². The monoisotopic (exact) mass is 273 g/mol. The van der Waals surface area contributed by atoms with E-state index >= 15 is 0 Å². The first kappa shape index (κ1) is 13.4. The highest BCUT2D eigenvalue weighted by Gasteiger charge is 2.44. The van der Waals surface area contributed by atoms with Gasteiger partial charge < -0.3 is 10.1 Å². The Hall–Kier alpha value is -2.05.